The van der Waals surface area contributed by atoms with E-state index >= 15 is 0 Å². The third-order valence-corrected chi connectivity index (χ3v) is 5.10. The molecular weight excluding hydrogens is 424 g/mol. The fourth-order valence-electron chi connectivity index (χ4n) is 3.51. The Hall–Kier alpha value is -3.81. The second-order valence-electron chi connectivity index (χ2n) is 7.14. The highest BCUT2D eigenvalue weighted by Crippen LogP contribution is 2.29. The Morgan fingerprint density at radius 3 is 2.33 bits per heavy atom. The van der Waals surface area contributed by atoms with Gasteiger partial charge >= 0.3 is 11.9 Å². The first-order valence-corrected chi connectivity index (χ1v) is 10.8. The number of aromatic amines is 1. The van der Waals surface area contributed by atoms with E-state index in [1.807, 2.05) is 18.2 Å². The van der Waals surface area contributed by atoms with Gasteiger partial charge in [0.05, 0.1) is 44.1 Å². The van der Waals surface area contributed by atoms with E-state index < -0.39 is 11.9 Å². The Bertz CT molecular complexity index is 1140. The van der Waals surface area contributed by atoms with Gasteiger partial charge in [-0.25, -0.2) is 14.6 Å². The maximum absolute atomic E-state index is 12.6. The molecule has 0 radical (unpaired) electrons. The van der Waals surface area contributed by atoms with Crippen molar-refractivity contribution in [2.24, 2.45) is 0 Å². The number of anilines is 1. The molecule has 0 aliphatic rings. The van der Waals surface area contributed by atoms with Gasteiger partial charge in [0.25, 0.3) is 0 Å². The van der Waals surface area contributed by atoms with Gasteiger partial charge in [0.1, 0.15) is 5.56 Å². The lowest BCUT2D eigenvalue weighted by Crippen LogP contribution is -2.17. The summed E-state index contributed by atoms with van der Waals surface area (Å²) in [6, 6.07) is 10.9. The number of hydrogen-bond donors (Lipinski definition) is 1. The maximum Gasteiger partial charge on any atom is 0.346 e. The number of hydrogen-bond acceptors (Lipinski definition) is 7. The molecule has 33 heavy (non-hydrogen) atoms. The molecule has 0 atom stereocenters. The number of rotatable bonds is 10. The zero-order chi connectivity index (χ0) is 23.8. The molecule has 0 saturated heterocycles. The molecule has 0 aliphatic carbocycles. The average molecular weight is 454 g/mol. The van der Waals surface area contributed by atoms with E-state index in [1.165, 1.54) is 0 Å². The molecule has 0 spiro atoms. The van der Waals surface area contributed by atoms with Crippen LogP contribution in [0.1, 0.15) is 40.1 Å². The van der Waals surface area contributed by atoms with Gasteiger partial charge in [-0.05, 0) is 50.1 Å². The summed E-state index contributed by atoms with van der Waals surface area (Å²) in [5, 5.41) is 4.06. The number of carbonyl (C=O) groups excluding carboxylic acids is 2. The van der Waals surface area contributed by atoms with Crippen molar-refractivity contribution in [3.8, 4) is 11.5 Å². The van der Waals surface area contributed by atoms with Crippen LogP contribution in [0.2, 0.25) is 0 Å². The van der Waals surface area contributed by atoms with Crippen molar-refractivity contribution in [1.82, 2.24) is 0 Å². The summed E-state index contributed by atoms with van der Waals surface area (Å²) >= 11 is 0. The van der Waals surface area contributed by atoms with Crippen LogP contribution in [-0.2, 0) is 15.9 Å². The van der Waals surface area contributed by atoms with Crippen LogP contribution in [-0.4, -0.2) is 45.9 Å². The van der Waals surface area contributed by atoms with Crippen LogP contribution in [0.15, 0.2) is 42.6 Å². The van der Waals surface area contributed by atoms with Crippen molar-refractivity contribution in [3.63, 3.8) is 0 Å². The molecule has 3 aromatic rings. The first-order chi connectivity index (χ1) is 16.0. The van der Waals surface area contributed by atoms with Gasteiger partial charge in [0, 0.05) is 12.6 Å². The third kappa shape index (κ3) is 5.52. The Labute approximate surface area is 192 Å². The summed E-state index contributed by atoms with van der Waals surface area (Å²) in [7, 11) is 3.19. The standard InChI is InChI=1S/C25H28N2O6/c1-5-32-24(28)17-8-9-20-18(14-17)23(19(15-27-20)25(29)33-6-2)26-12-11-16-7-10-21(30-3)22(13-16)31-4/h7-10,13-15H,5-6,11-12H2,1-4H3,(H,26,27)/p+1. The molecule has 174 valence electrons. The molecule has 0 aliphatic heterocycles. The highest BCUT2D eigenvalue weighted by Gasteiger charge is 2.21. The number of nitrogens with one attached hydrogen (secondary N) is 2. The Morgan fingerprint density at radius 1 is 0.909 bits per heavy atom. The number of methoxy groups -OCH3 is 2. The summed E-state index contributed by atoms with van der Waals surface area (Å²) in [5.41, 5.74) is 3.16. The summed E-state index contributed by atoms with van der Waals surface area (Å²) < 4.78 is 21.0. The van der Waals surface area contributed by atoms with Gasteiger partial charge in [-0.15, -0.1) is 0 Å². The van der Waals surface area contributed by atoms with Gasteiger partial charge < -0.3 is 24.3 Å². The molecule has 0 unspecified atom stereocenters. The minimum atomic E-state index is -0.453. The largest absolute Gasteiger partial charge is 0.493 e. The monoisotopic (exact) mass is 453 g/mol. The molecule has 0 bridgehead atoms. The quantitative estimate of drug-likeness (QED) is 0.468. The van der Waals surface area contributed by atoms with Crippen LogP contribution in [0.5, 0.6) is 11.5 Å². The number of fused-ring (bicyclic) bond motifs is 1. The smallest absolute Gasteiger partial charge is 0.346 e. The molecule has 2 N–H and O–H groups in total. The van der Waals surface area contributed by atoms with E-state index in [0.717, 1.165) is 11.1 Å². The van der Waals surface area contributed by atoms with E-state index in [0.29, 0.717) is 46.7 Å². The fourth-order valence-corrected chi connectivity index (χ4v) is 3.51. The van der Waals surface area contributed by atoms with Crippen LogP contribution >= 0.6 is 0 Å². The van der Waals surface area contributed by atoms with Crippen molar-refractivity contribution in [2.75, 3.05) is 39.3 Å². The van der Waals surface area contributed by atoms with Crippen molar-refractivity contribution < 1.29 is 33.5 Å². The lowest BCUT2D eigenvalue weighted by atomic mass is 10.1. The first-order valence-electron chi connectivity index (χ1n) is 10.8. The van der Waals surface area contributed by atoms with Gasteiger partial charge in [-0.2, -0.15) is 0 Å². The topological polar surface area (TPSA) is 97.2 Å². The van der Waals surface area contributed by atoms with E-state index in [9.17, 15) is 9.59 Å². The van der Waals surface area contributed by atoms with Crippen molar-refractivity contribution >= 4 is 28.5 Å². The number of benzene rings is 2. The number of pyridine rings is 1. The molecule has 1 heterocycles. The van der Waals surface area contributed by atoms with E-state index in [4.69, 9.17) is 18.9 Å². The average Bonchev–Trinajstić information content (AvgIpc) is 2.83. The highest BCUT2D eigenvalue weighted by molar-refractivity contribution is 6.05. The van der Waals surface area contributed by atoms with Crippen LogP contribution in [0, 0.1) is 0 Å². The van der Waals surface area contributed by atoms with Crippen molar-refractivity contribution in [2.45, 2.75) is 20.3 Å². The van der Waals surface area contributed by atoms with Crippen LogP contribution in [0.4, 0.5) is 5.69 Å². The normalized spacial score (nSPS) is 10.5. The van der Waals surface area contributed by atoms with Crippen LogP contribution < -0.4 is 19.8 Å². The molecule has 2 aromatic carbocycles. The van der Waals surface area contributed by atoms with E-state index in [-0.39, 0.29) is 13.2 Å². The molecule has 1 aromatic heterocycles. The lowest BCUT2D eigenvalue weighted by molar-refractivity contribution is -0.344. The van der Waals surface area contributed by atoms with E-state index in [2.05, 4.69) is 10.3 Å². The number of esters is 2. The van der Waals surface area contributed by atoms with Crippen LogP contribution in [0.25, 0.3) is 10.9 Å². The molecule has 0 amide bonds. The second-order valence-corrected chi connectivity index (χ2v) is 7.14. The number of carbonyl (C=O) groups is 2. The zero-order valence-electron chi connectivity index (χ0n) is 19.3. The van der Waals surface area contributed by atoms with Crippen molar-refractivity contribution in [3.05, 3.63) is 59.3 Å². The predicted octanol–water partition coefficient (Wildman–Crippen LogP) is 3.68. The maximum atomic E-state index is 12.6. The van der Waals surface area contributed by atoms with Gasteiger partial charge in [0.15, 0.2) is 17.7 Å². The predicted molar refractivity (Wildman–Crippen MR) is 124 cm³/mol. The van der Waals surface area contributed by atoms with Gasteiger partial charge in [-0.3, -0.25) is 0 Å². The summed E-state index contributed by atoms with van der Waals surface area (Å²) in [6.07, 6.45) is 2.28. The fraction of sp³-hybridized carbons (Fsp3) is 0.320. The minimum Gasteiger partial charge on any atom is -0.493 e. The molecule has 8 heteroatoms. The van der Waals surface area contributed by atoms with Crippen molar-refractivity contribution in [1.29, 1.82) is 0 Å². The molecule has 0 saturated carbocycles. The SMILES string of the molecule is CCOC(=O)c1ccc2[nH+]cc(C(=O)OCC)c(NCCc3ccc(OC)c(OC)c3)c2c1. The summed E-state index contributed by atoms with van der Waals surface area (Å²) in [6.45, 7) is 4.58. The van der Waals surface area contributed by atoms with E-state index in [1.54, 1.807) is 52.5 Å². The zero-order valence-corrected chi connectivity index (χ0v) is 19.3. The number of ether oxygens (including phenoxy) is 4. The molecule has 8 nitrogen and oxygen atoms in total. The molecular formula is C25H29N2O6+. The lowest BCUT2D eigenvalue weighted by Gasteiger charge is -2.13. The Morgan fingerprint density at radius 2 is 1.64 bits per heavy atom. The van der Waals surface area contributed by atoms with Crippen LogP contribution in [0.3, 0.4) is 0 Å². The summed E-state index contributed by atoms with van der Waals surface area (Å²) in [5.74, 6) is 0.443. The number of H-pyrrole nitrogens is 1. The van der Waals surface area contributed by atoms with Gasteiger partial charge in [-0.1, -0.05) is 6.07 Å². The molecule has 0 fully saturated rings. The Balaban J connectivity index is 1.93. The second kappa shape index (κ2) is 11.2. The highest BCUT2D eigenvalue weighted by atomic mass is 16.5. The summed E-state index contributed by atoms with van der Waals surface area (Å²) in [4.78, 5) is 28.0. The third-order valence-electron chi connectivity index (χ3n) is 5.10. The molecule has 3 rings (SSSR count). The number of aromatic nitrogens is 1. The first kappa shape index (κ1) is 23.8. The minimum absolute atomic E-state index is 0.255. The van der Waals surface area contributed by atoms with Gasteiger partial charge in [0.2, 0.25) is 5.52 Å². The Kier molecular flexibility index (Phi) is 8.07.